The fourth-order valence-corrected chi connectivity index (χ4v) is 2.27. The number of aliphatic hydroxyl groups excluding tert-OH is 1. The number of nitrogens with one attached hydrogen (secondary N) is 1. The number of ether oxygens (including phenoxy) is 1. The highest BCUT2D eigenvalue weighted by molar-refractivity contribution is 5.24. The fraction of sp³-hybridized carbons (Fsp3) is 0.778. The molecule has 1 aliphatic rings. The van der Waals surface area contributed by atoms with Crippen LogP contribution in [0.4, 0.5) is 0 Å². The van der Waals surface area contributed by atoms with Gasteiger partial charge in [-0.1, -0.05) is 0 Å². The summed E-state index contributed by atoms with van der Waals surface area (Å²) >= 11 is 0. The van der Waals surface area contributed by atoms with Crippen molar-refractivity contribution in [2.24, 2.45) is 0 Å². The molecule has 2 rings (SSSR count). The molecule has 17 heavy (non-hydrogen) atoms. The molecule has 0 spiro atoms. The van der Waals surface area contributed by atoms with Gasteiger partial charge in [0.2, 0.25) is 5.79 Å². The molecule has 1 saturated heterocycles. The second-order valence-electron chi connectivity index (χ2n) is 4.49. The van der Waals surface area contributed by atoms with Crippen LogP contribution in [-0.4, -0.2) is 59.9 Å². The summed E-state index contributed by atoms with van der Waals surface area (Å²) < 4.78 is 5.08. The second kappa shape index (κ2) is 3.47. The Kier molecular flexibility index (Phi) is 2.53. The second-order valence-corrected chi connectivity index (χ2v) is 4.49. The Balaban J connectivity index is 2.57. The summed E-state index contributed by atoms with van der Waals surface area (Å²) in [7, 11) is 0. The molecular formula is C9H15N3O5. The molecule has 8 nitrogen and oxygen atoms in total. The average Bonchev–Trinajstić information content (AvgIpc) is 2.80. The molecule has 8 heteroatoms. The lowest BCUT2D eigenvalue weighted by molar-refractivity contribution is -0.270. The third-order valence-electron chi connectivity index (χ3n) is 3.35. The minimum atomic E-state index is -2.19. The zero-order chi connectivity index (χ0) is 12.9. The predicted molar refractivity (Wildman–Crippen MR) is 53.5 cm³/mol. The Bertz CT molecular complexity index is 405. The van der Waals surface area contributed by atoms with Gasteiger partial charge in [0.05, 0.1) is 12.8 Å². The van der Waals surface area contributed by atoms with Crippen molar-refractivity contribution in [3.63, 3.8) is 0 Å². The van der Waals surface area contributed by atoms with Gasteiger partial charge in [-0.05, 0) is 13.8 Å². The molecule has 0 radical (unpaired) electrons. The van der Waals surface area contributed by atoms with Crippen LogP contribution in [0.3, 0.4) is 0 Å². The number of hydrogen-bond donors (Lipinski definition) is 5. The van der Waals surface area contributed by atoms with Gasteiger partial charge in [-0.25, -0.2) is 0 Å². The minimum Gasteiger partial charge on any atom is -0.394 e. The zero-order valence-electron chi connectivity index (χ0n) is 9.45. The lowest BCUT2D eigenvalue weighted by Crippen LogP contribution is -2.59. The highest BCUT2D eigenvalue weighted by atomic mass is 16.7. The molecule has 5 N–H and O–H groups in total. The van der Waals surface area contributed by atoms with E-state index in [2.05, 4.69) is 15.4 Å². The highest BCUT2D eigenvalue weighted by Crippen LogP contribution is 2.50. The van der Waals surface area contributed by atoms with Crippen LogP contribution in [0.25, 0.3) is 0 Å². The minimum absolute atomic E-state index is 0.0662. The maximum atomic E-state index is 10.5. The van der Waals surface area contributed by atoms with Gasteiger partial charge in [0, 0.05) is 0 Å². The van der Waals surface area contributed by atoms with Gasteiger partial charge in [0.15, 0.2) is 5.60 Å². The molecule has 0 aromatic carbocycles. The Morgan fingerprint density at radius 1 is 1.41 bits per heavy atom. The number of aliphatic hydroxyl groups is 4. The van der Waals surface area contributed by atoms with E-state index in [1.54, 1.807) is 0 Å². The van der Waals surface area contributed by atoms with Crippen LogP contribution in [0.1, 0.15) is 19.5 Å². The fourth-order valence-electron chi connectivity index (χ4n) is 2.27. The van der Waals surface area contributed by atoms with Crippen molar-refractivity contribution in [2.75, 3.05) is 6.61 Å². The highest BCUT2D eigenvalue weighted by Gasteiger charge is 2.71. The lowest BCUT2D eigenvalue weighted by Gasteiger charge is -2.38. The molecule has 1 fully saturated rings. The first kappa shape index (κ1) is 12.4. The Labute approximate surface area is 96.9 Å². The monoisotopic (exact) mass is 245 g/mol. The van der Waals surface area contributed by atoms with Crippen LogP contribution in [-0.2, 0) is 10.3 Å². The maximum absolute atomic E-state index is 10.5. The molecule has 1 aliphatic heterocycles. The van der Waals surface area contributed by atoms with Gasteiger partial charge in [0.1, 0.15) is 17.4 Å². The van der Waals surface area contributed by atoms with E-state index >= 15 is 0 Å². The molecule has 96 valence electrons. The standard InChI is InChI=1S/C9H15N3O5/c1-7(14)6(4-13)17-8(2,15)9(7,16)5-3-10-12-11-5/h3,6,13-16H,4H2,1-2H3,(H,10,11,12)/t6-,7-,8+,9+/m1/s1. The van der Waals surface area contributed by atoms with E-state index in [1.165, 1.54) is 20.0 Å². The summed E-state index contributed by atoms with van der Waals surface area (Å²) in [5.41, 5.74) is -4.17. The van der Waals surface area contributed by atoms with E-state index in [0.717, 1.165) is 0 Å². The van der Waals surface area contributed by atoms with Crippen molar-refractivity contribution in [1.29, 1.82) is 0 Å². The van der Waals surface area contributed by atoms with E-state index in [9.17, 15) is 15.3 Å². The van der Waals surface area contributed by atoms with E-state index in [4.69, 9.17) is 9.84 Å². The zero-order valence-corrected chi connectivity index (χ0v) is 9.45. The van der Waals surface area contributed by atoms with Crippen LogP contribution in [0.2, 0.25) is 0 Å². The third-order valence-corrected chi connectivity index (χ3v) is 3.35. The molecule has 0 aliphatic carbocycles. The summed E-state index contributed by atoms with van der Waals surface area (Å²) in [6.45, 7) is 1.89. The summed E-state index contributed by atoms with van der Waals surface area (Å²) in [4.78, 5) is 0. The van der Waals surface area contributed by atoms with E-state index < -0.39 is 29.7 Å². The number of nitrogens with zero attached hydrogens (tertiary/aromatic N) is 2. The SMILES string of the molecule is C[C@]1(O)O[C@H](CO)[C@@](C)(O)[C@@]1(O)c1cn[nH]n1. The number of aromatic amines is 1. The summed E-state index contributed by atoms with van der Waals surface area (Å²) in [6, 6.07) is 0. The van der Waals surface area contributed by atoms with Gasteiger partial charge in [0.25, 0.3) is 0 Å². The van der Waals surface area contributed by atoms with E-state index in [1.807, 2.05) is 0 Å². The third kappa shape index (κ3) is 1.36. The Morgan fingerprint density at radius 2 is 2.06 bits per heavy atom. The van der Waals surface area contributed by atoms with E-state index in [0.29, 0.717) is 0 Å². The molecule has 0 bridgehead atoms. The van der Waals surface area contributed by atoms with Gasteiger partial charge in [-0.3, -0.25) is 0 Å². The van der Waals surface area contributed by atoms with Crippen LogP contribution < -0.4 is 0 Å². The van der Waals surface area contributed by atoms with Gasteiger partial charge < -0.3 is 25.2 Å². The largest absolute Gasteiger partial charge is 0.394 e. The lowest BCUT2D eigenvalue weighted by atomic mass is 9.76. The Hall–Kier alpha value is -1.06. The van der Waals surface area contributed by atoms with Crippen molar-refractivity contribution < 1.29 is 25.2 Å². The van der Waals surface area contributed by atoms with Crippen LogP contribution in [0.5, 0.6) is 0 Å². The first-order chi connectivity index (χ1) is 7.77. The van der Waals surface area contributed by atoms with Crippen molar-refractivity contribution in [1.82, 2.24) is 15.4 Å². The number of rotatable bonds is 2. The van der Waals surface area contributed by atoms with Crippen LogP contribution in [0.15, 0.2) is 6.20 Å². The maximum Gasteiger partial charge on any atom is 0.201 e. The molecule has 1 aromatic rings. The van der Waals surface area contributed by atoms with Gasteiger partial charge >= 0.3 is 0 Å². The van der Waals surface area contributed by atoms with Crippen LogP contribution in [0, 0.1) is 0 Å². The molecule has 2 heterocycles. The van der Waals surface area contributed by atoms with Gasteiger partial charge in [-0.2, -0.15) is 15.4 Å². The molecule has 0 unspecified atom stereocenters. The molecule has 1 aromatic heterocycles. The quantitative estimate of drug-likeness (QED) is 0.401. The smallest absolute Gasteiger partial charge is 0.201 e. The van der Waals surface area contributed by atoms with Crippen LogP contribution >= 0.6 is 0 Å². The summed E-state index contributed by atoms with van der Waals surface area (Å²) in [5, 5.41) is 49.5. The number of H-pyrrole nitrogens is 1. The summed E-state index contributed by atoms with van der Waals surface area (Å²) in [5.74, 6) is -2.10. The number of aromatic nitrogens is 3. The van der Waals surface area contributed by atoms with Crippen molar-refractivity contribution in [3.8, 4) is 0 Å². The Morgan fingerprint density at radius 3 is 2.47 bits per heavy atom. The molecule has 0 amide bonds. The first-order valence-corrected chi connectivity index (χ1v) is 5.09. The number of hydrogen-bond acceptors (Lipinski definition) is 7. The predicted octanol–water partition coefficient (Wildman–Crippen LogP) is -2.16. The normalized spacial score (nSPS) is 46.4. The topological polar surface area (TPSA) is 132 Å². The van der Waals surface area contributed by atoms with E-state index in [-0.39, 0.29) is 5.69 Å². The average molecular weight is 245 g/mol. The summed E-state index contributed by atoms with van der Waals surface area (Å²) in [6.07, 6.45) is 0.0330. The first-order valence-electron chi connectivity index (χ1n) is 5.09. The molecular weight excluding hydrogens is 230 g/mol. The van der Waals surface area contributed by atoms with Crippen molar-refractivity contribution in [2.45, 2.75) is 36.9 Å². The molecule has 0 saturated carbocycles. The van der Waals surface area contributed by atoms with Crippen molar-refractivity contribution in [3.05, 3.63) is 11.9 Å². The molecule has 4 atom stereocenters. The van der Waals surface area contributed by atoms with Gasteiger partial charge in [-0.15, -0.1) is 0 Å². The van der Waals surface area contributed by atoms with Crippen molar-refractivity contribution >= 4 is 0 Å².